The number of aromatic nitrogens is 1. The van der Waals surface area contributed by atoms with Crippen LogP contribution < -0.4 is 9.64 Å². The molecule has 2 heterocycles. The van der Waals surface area contributed by atoms with E-state index < -0.39 is 11.4 Å². The predicted octanol–water partition coefficient (Wildman–Crippen LogP) is 5.73. The molecule has 2 amide bonds. The zero-order valence-electron chi connectivity index (χ0n) is 23.1. The van der Waals surface area contributed by atoms with Crippen LogP contribution in [0.5, 0.6) is 11.6 Å². The lowest BCUT2D eigenvalue weighted by molar-refractivity contribution is 0.000550. The zero-order valence-corrected chi connectivity index (χ0v) is 23.1. The molecule has 1 atom stereocenters. The molecule has 0 unspecified atom stereocenters. The normalized spacial score (nSPS) is 16.1. The SMILES string of the molecule is C[C@H]1CN(Cc2ccc(N(C)C(=O)c3ccc(Oc4cccc(F)c4)nc3)cc2)CCN1C(=O)OC(C)(C)C. The van der Waals surface area contributed by atoms with Crippen LogP contribution in [0.4, 0.5) is 14.9 Å². The minimum atomic E-state index is -0.511. The van der Waals surface area contributed by atoms with Gasteiger partial charge in [-0.2, -0.15) is 0 Å². The summed E-state index contributed by atoms with van der Waals surface area (Å²) >= 11 is 0. The van der Waals surface area contributed by atoms with Gasteiger partial charge in [0, 0.05) is 63.3 Å². The number of benzene rings is 2. The van der Waals surface area contributed by atoms with E-state index in [1.165, 1.54) is 18.3 Å². The van der Waals surface area contributed by atoms with Crippen molar-refractivity contribution in [2.75, 3.05) is 31.6 Å². The fraction of sp³-hybridized carbons (Fsp3) is 0.367. The van der Waals surface area contributed by atoms with Crippen LogP contribution in [0, 0.1) is 5.82 Å². The third kappa shape index (κ3) is 7.54. The van der Waals surface area contributed by atoms with Gasteiger partial charge in [0.1, 0.15) is 17.2 Å². The van der Waals surface area contributed by atoms with Gasteiger partial charge >= 0.3 is 6.09 Å². The Hall–Kier alpha value is -3.98. The number of hydrogen-bond acceptors (Lipinski definition) is 6. The quantitative estimate of drug-likeness (QED) is 0.402. The second kappa shape index (κ2) is 11.8. The van der Waals surface area contributed by atoms with Crippen LogP contribution in [-0.4, -0.2) is 65.1 Å². The van der Waals surface area contributed by atoms with E-state index in [0.29, 0.717) is 17.9 Å². The average Bonchev–Trinajstić information content (AvgIpc) is 2.88. The first-order valence-corrected chi connectivity index (χ1v) is 13.0. The zero-order chi connectivity index (χ0) is 28.2. The summed E-state index contributed by atoms with van der Waals surface area (Å²) in [7, 11) is 1.71. The smallest absolute Gasteiger partial charge is 0.410 e. The number of hydrogen-bond donors (Lipinski definition) is 0. The maximum Gasteiger partial charge on any atom is 0.410 e. The van der Waals surface area contributed by atoms with Crippen molar-refractivity contribution in [3.05, 3.63) is 83.8 Å². The molecule has 206 valence electrons. The molecule has 1 aromatic heterocycles. The monoisotopic (exact) mass is 534 g/mol. The van der Waals surface area contributed by atoms with Gasteiger partial charge in [-0.25, -0.2) is 14.2 Å². The molecule has 39 heavy (non-hydrogen) atoms. The summed E-state index contributed by atoms with van der Waals surface area (Å²) in [5, 5.41) is 0. The highest BCUT2D eigenvalue weighted by Crippen LogP contribution is 2.23. The highest BCUT2D eigenvalue weighted by molar-refractivity contribution is 6.05. The molecular weight excluding hydrogens is 499 g/mol. The summed E-state index contributed by atoms with van der Waals surface area (Å²) < 4.78 is 24.5. The number of halogens is 1. The van der Waals surface area contributed by atoms with Gasteiger partial charge in [-0.3, -0.25) is 9.69 Å². The first kappa shape index (κ1) is 28.0. The Morgan fingerprint density at radius 1 is 1.08 bits per heavy atom. The minimum absolute atomic E-state index is 0.0517. The van der Waals surface area contributed by atoms with Crippen LogP contribution in [0.15, 0.2) is 66.9 Å². The molecule has 9 heteroatoms. The van der Waals surface area contributed by atoms with E-state index in [0.717, 1.165) is 30.9 Å². The summed E-state index contributed by atoms with van der Waals surface area (Å²) in [5.74, 6) is -0.00882. The lowest BCUT2D eigenvalue weighted by Gasteiger charge is -2.40. The molecule has 0 spiro atoms. The topological polar surface area (TPSA) is 75.2 Å². The molecule has 8 nitrogen and oxygen atoms in total. The van der Waals surface area contributed by atoms with E-state index in [9.17, 15) is 14.0 Å². The summed E-state index contributed by atoms with van der Waals surface area (Å²) in [6.45, 7) is 10.5. The van der Waals surface area contributed by atoms with Gasteiger partial charge in [0.2, 0.25) is 5.88 Å². The summed E-state index contributed by atoms with van der Waals surface area (Å²) in [5.41, 5.74) is 1.78. The Labute approximate surface area is 228 Å². The van der Waals surface area contributed by atoms with Crippen molar-refractivity contribution < 1.29 is 23.5 Å². The van der Waals surface area contributed by atoms with Crippen LogP contribution in [0.25, 0.3) is 0 Å². The number of amides is 2. The Morgan fingerprint density at radius 3 is 2.44 bits per heavy atom. The minimum Gasteiger partial charge on any atom is -0.444 e. The van der Waals surface area contributed by atoms with Crippen molar-refractivity contribution in [3.63, 3.8) is 0 Å². The molecule has 4 rings (SSSR count). The standard InChI is InChI=1S/C30H35FN4O4/c1-21-19-34(15-16-35(21)29(37)39-30(2,3)4)20-22-9-12-25(13-10-22)33(5)28(36)23-11-14-27(32-18-23)38-26-8-6-7-24(31)17-26/h6-14,17-18,21H,15-16,19-20H2,1-5H3/t21-/m0/s1. The molecular formula is C30H35FN4O4. The number of piperazine rings is 1. The predicted molar refractivity (Wildman–Crippen MR) is 148 cm³/mol. The first-order chi connectivity index (χ1) is 18.5. The molecule has 0 bridgehead atoms. The summed E-state index contributed by atoms with van der Waals surface area (Å²) in [4.78, 5) is 35.4. The molecule has 0 radical (unpaired) electrons. The molecule has 0 saturated carbocycles. The van der Waals surface area contributed by atoms with E-state index in [1.54, 1.807) is 41.1 Å². The van der Waals surface area contributed by atoms with Crippen molar-refractivity contribution in [1.82, 2.24) is 14.8 Å². The lowest BCUT2D eigenvalue weighted by Crippen LogP contribution is -2.54. The molecule has 2 aromatic carbocycles. The van der Waals surface area contributed by atoms with Gasteiger partial charge in [-0.05, 0) is 63.6 Å². The fourth-order valence-electron chi connectivity index (χ4n) is 4.38. The number of pyridine rings is 1. The third-order valence-electron chi connectivity index (χ3n) is 6.38. The van der Waals surface area contributed by atoms with Crippen LogP contribution in [-0.2, 0) is 11.3 Å². The second-order valence-corrected chi connectivity index (χ2v) is 10.7. The Bertz CT molecular complexity index is 1290. The third-order valence-corrected chi connectivity index (χ3v) is 6.38. The van der Waals surface area contributed by atoms with Gasteiger partial charge in [0.25, 0.3) is 5.91 Å². The second-order valence-electron chi connectivity index (χ2n) is 10.7. The number of ether oxygens (including phenoxy) is 2. The molecule has 1 fully saturated rings. The summed E-state index contributed by atoms with van der Waals surface area (Å²) in [6.07, 6.45) is 1.18. The number of nitrogens with zero attached hydrogens (tertiary/aromatic N) is 4. The number of rotatable bonds is 6. The molecule has 3 aromatic rings. The van der Waals surface area contributed by atoms with E-state index in [1.807, 2.05) is 52.0 Å². The van der Waals surface area contributed by atoms with Crippen molar-refractivity contribution in [3.8, 4) is 11.6 Å². The van der Waals surface area contributed by atoms with Crippen molar-refractivity contribution in [1.29, 1.82) is 0 Å². The van der Waals surface area contributed by atoms with E-state index in [2.05, 4.69) is 9.88 Å². The van der Waals surface area contributed by atoms with Gasteiger partial charge in [-0.1, -0.05) is 18.2 Å². The van der Waals surface area contributed by atoms with Crippen LogP contribution in [0.1, 0.15) is 43.6 Å². The highest BCUT2D eigenvalue weighted by Gasteiger charge is 2.30. The van der Waals surface area contributed by atoms with E-state index in [4.69, 9.17) is 9.47 Å². The van der Waals surface area contributed by atoms with Crippen molar-refractivity contribution >= 4 is 17.7 Å². The van der Waals surface area contributed by atoms with Gasteiger partial charge in [0.05, 0.1) is 5.56 Å². The largest absolute Gasteiger partial charge is 0.444 e. The van der Waals surface area contributed by atoms with Gasteiger partial charge in [-0.15, -0.1) is 0 Å². The molecule has 1 aliphatic heterocycles. The van der Waals surface area contributed by atoms with Crippen molar-refractivity contribution in [2.45, 2.75) is 45.9 Å². The molecule has 1 saturated heterocycles. The summed E-state index contributed by atoms with van der Waals surface area (Å²) in [6, 6.07) is 16.9. The highest BCUT2D eigenvalue weighted by atomic mass is 19.1. The van der Waals surface area contributed by atoms with Crippen LogP contribution in [0.2, 0.25) is 0 Å². The maximum atomic E-state index is 13.4. The number of carbonyl (C=O) groups excluding carboxylic acids is 2. The van der Waals surface area contributed by atoms with E-state index >= 15 is 0 Å². The van der Waals surface area contributed by atoms with Crippen LogP contribution in [0.3, 0.4) is 0 Å². The fourth-order valence-corrected chi connectivity index (χ4v) is 4.38. The number of anilines is 1. The lowest BCUT2D eigenvalue weighted by atomic mass is 10.1. The van der Waals surface area contributed by atoms with E-state index in [-0.39, 0.29) is 23.9 Å². The van der Waals surface area contributed by atoms with Gasteiger partial charge < -0.3 is 19.3 Å². The number of carbonyl (C=O) groups is 2. The Morgan fingerprint density at radius 2 is 1.82 bits per heavy atom. The van der Waals surface area contributed by atoms with Crippen molar-refractivity contribution in [2.24, 2.45) is 0 Å². The molecule has 1 aliphatic rings. The first-order valence-electron chi connectivity index (χ1n) is 13.0. The average molecular weight is 535 g/mol. The van der Waals surface area contributed by atoms with Gasteiger partial charge in [0.15, 0.2) is 0 Å². The Kier molecular flexibility index (Phi) is 8.50. The maximum absolute atomic E-state index is 13.4. The molecule has 0 N–H and O–H groups in total. The van der Waals surface area contributed by atoms with Crippen LogP contribution >= 0.6 is 0 Å². The Balaban J connectivity index is 1.31. The molecule has 0 aliphatic carbocycles.